The van der Waals surface area contributed by atoms with Crippen LogP contribution in [0, 0.1) is 0 Å². The molecule has 2 heterocycles. The van der Waals surface area contributed by atoms with Crippen molar-refractivity contribution < 1.29 is 13.2 Å². The van der Waals surface area contributed by atoms with Crippen molar-refractivity contribution >= 4 is 32.9 Å². The first-order valence-electron chi connectivity index (χ1n) is 6.12. The van der Waals surface area contributed by atoms with Crippen LogP contribution >= 0.6 is 11.3 Å². The summed E-state index contributed by atoms with van der Waals surface area (Å²) in [6, 6.07) is 1.59. The van der Waals surface area contributed by atoms with Crippen LogP contribution in [0.4, 0.5) is 10.5 Å². The highest BCUT2D eigenvalue weighted by atomic mass is 32.2. The second-order valence-corrected chi connectivity index (χ2v) is 8.78. The minimum absolute atomic E-state index is 0.0249. The van der Waals surface area contributed by atoms with Gasteiger partial charge in [-0.15, -0.1) is 0 Å². The van der Waals surface area contributed by atoms with Gasteiger partial charge in [0.05, 0.1) is 16.2 Å². The molecule has 0 saturated carbocycles. The molecule has 0 aromatic carbocycles. The van der Waals surface area contributed by atoms with Crippen LogP contribution in [0.5, 0.6) is 0 Å². The Hall–Kier alpha value is -1.08. The van der Waals surface area contributed by atoms with Crippen molar-refractivity contribution in [3.05, 3.63) is 16.8 Å². The van der Waals surface area contributed by atoms with Crippen LogP contribution in [0.15, 0.2) is 16.8 Å². The molecule has 1 aliphatic rings. The van der Waals surface area contributed by atoms with Gasteiger partial charge in [0, 0.05) is 18.5 Å². The van der Waals surface area contributed by atoms with Crippen molar-refractivity contribution in [2.75, 3.05) is 24.2 Å². The third-order valence-electron chi connectivity index (χ3n) is 3.52. The fraction of sp³-hybridized carbons (Fsp3) is 0.583. The molecule has 1 aliphatic heterocycles. The van der Waals surface area contributed by atoms with E-state index >= 15 is 0 Å². The van der Waals surface area contributed by atoms with Crippen molar-refractivity contribution in [1.82, 2.24) is 4.90 Å². The van der Waals surface area contributed by atoms with Gasteiger partial charge >= 0.3 is 6.03 Å². The molecule has 0 aliphatic carbocycles. The maximum atomic E-state index is 12.1. The lowest BCUT2D eigenvalue weighted by Gasteiger charge is -2.22. The standard InChI is InChI=1S/C12H18N2O3S2/c1-12(2)4-5-14(6-8-19(12,16)17)11(15)13-10-3-7-18-9-10/h3,7,9H,4-6,8H2,1-2H3,(H,13,15). The SMILES string of the molecule is CC1(C)CCN(C(=O)Nc2ccsc2)CCS1(=O)=O. The molecule has 5 nitrogen and oxygen atoms in total. The molecule has 0 bridgehead atoms. The molecule has 0 spiro atoms. The number of amides is 2. The summed E-state index contributed by atoms with van der Waals surface area (Å²) in [7, 11) is -3.15. The minimum atomic E-state index is -3.15. The summed E-state index contributed by atoms with van der Waals surface area (Å²) in [6.45, 7) is 4.16. The zero-order chi connectivity index (χ0) is 14.1. The monoisotopic (exact) mass is 302 g/mol. The lowest BCUT2D eigenvalue weighted by Crippen LogP contribution is -2.37. The number of carbonyl (C=O) groups excluding carboxylic acids is 1. The Labute approximate surface area is 117 Å². The summed E-state index contributed by atoms with van der Waals surface area (Å²) in [4.78, 5) is 13.6. The number of urea groups is 1. The molecule has 2 rings (SSSR count). The van der Waals surface area contributed by atoms with Gasteiger partial charge < -0.3 is 10.2 Å². The average molecular weight is 302 g/mol. The quantitative estimate of drug-likeness (QED) is 0.864. The molecule has 1 saturated heterocycles. The van der Waals surface area contributed by atoms with Crippen LogP contribution in [0.3, 0.4) is 0 Å². The van der Waals surface area contributed by atoms with E-state index in [-0.39, 0.29) is 18.3 Å². The normalized spacial score (nSPS) is 21.7. The van der Waals surface area contributed by atoms with Gasteiger partial charge in [0.15, 0.2) is 9.84 Å². The molecular weight excluding hydrogens is 284 g/mol. The second-order valence-electron chi connectivity index (χ2n) is 5.26. The topological polar surface area (TPSA) is 66.5 Å². The largest absolute Gasteiger partial charge is 0.323 e. The Morgan fingerprint density at radius 1 is 1.42 bits per heavy atom. The van der Waals surface area contributed by atoms with Crippen molar-refractivity contribution in [2.24, 2.45) is 0 Å². The van der Waals surface area contributed by atoms with Gasteiger partial charge in [-0.3, -0.25) is 0 Å². The van der Waals surface area contributed by atoms with Crippen LogP contribution in [0.2, 0.25) is 0 Å². The lowest BCUT2D eigenvalue weighted by atomic mass is 10.1. The first-order valence-corrected chi connectivity index (χ1v) is 8.72. The summed E-state index contributed by atoms with van der Waals surface area (Å²) in [6.07, 6.45) is 0.465. The van der Waals surface area contributed by atoms with Crippen molar-refractivity contribution in [3.63, 3.8) is 0 Å². The smallest absolute Gasteiger partial charge is 0.321 e. The molecule has 7 heteroatoms. The van der Waals surface area contributed by atoms with Crippen molar-refractivity contribution in [3.8, 4) is 0 Å². The Balaban J connectivity index is 2.05. The molecule has 19 heavy (non-hydrogen) atoms. The van der Waals surface area contributed by atoms with Gasteiger partial charge in [-0.1, -0.05) is 0 Å². The van der Waals surface area contributed by atoms with Gasteiger partial charge in [0.2, 0.25) is 0 Å². The number of hydrogen-bond donors (Lipinski definition) is 1. The van der Waals surface area contributed by atoms with Gasteiger partial charge in [-0.05, 0) is 31.7 Å². The van der Waals surface area contributed by atoms with E-state index in [0.717, 1.165) is 5.69 Å². The summed E-state index contributed by atoms with van der Waals surface area (Å²) in [5, 5.41) is 6.50. The summed E-state index contributed by atoms with van der Waals surface area (Å²) < 4.78 is 23.3. The van der Waals surface area contributed by atoms with Crippen LogP contribution < -0.4 is 5.32 Å². The van der Waals surface area contributed by atoms with Crippen molar-refractivity contribution in [1.29, 1.82) is 0 Å². The highest BCUT2D eigenvalue weighted by Gasteiger charge is 2.37. The fourth-order valence-electron chi connectivity index (χ4n) is 1.92. The molecule has 1 fully saturated rings. The molecule has 1 aromatic heterocycles. The maximum Gasteiger partial charge on any atom is 0.321 e. The van der Waals surface area contributed by atoms with Crippen molar-refractivity contribution in [2.45, 2.75) is 25.0 Å². The summed E-state index contributed by atoms with van der Waals surface area (Å²) >= 11 is 1.50. The van der Waals surface area contributed by atoms with E-state index in [4.69, 9.17) is 0 Å². The maximum absolute atomic E-state index is 12.1. The summed E-state index contributed by atoms with van der Waals surface area (Å²) in [5.74, 6) is 0.0249. The van der Waals surface area contributed by atoms with E-state index in [1.807, 2.05) is 16.8 Å². The van der Waals surface area contributed by atoms with E-state index in [2.05, 4.69) is 5.32 Å². The number of rotatable bonds is 1. The predicted molar refractivity (Wildman–Crippen MR) is 77.4 cm³/mol. The van der Waals surface area contributed by atoms with E-state index in [0.29, 0.717) is 13.0 Å². The van der Waals surface area contributed by atoms with Crippen LogP contribution in [-0.2, 0) is 9.84 Å². The first kappa shape index (κ1) is 14.3. The van der Waals surface area contributed by atoms with Gasteiger partial charge in [0.25, 0.3) is 0 Å². The number of thiophene rings is 1. The number of nitrogens with zero attached hydrogens (tertiary/aromatic N) is 1. The molecule has 0 radical (unpaired) electrons. The molecule has 0 atom stereocenters. The number of nitrogens with one attached hydrogen (secondary N) is 1. The number of carbonyl (C=O) groups is 1. The number of anilines is 1. The minimum Gasteiger partial charge on any atom is -0.323 e. The van der Waals surface area contributed by atoms with E-state index in [9.17, 15) is 13.2 Å². The highest BCUT2D eigenvalue weighted by Crippen LogP contribution is 2.25. The second kappa shape index (κ2) is 5.13. The molecule has 2 amide bonds. The average Bonchev–Trinajstić information content (AvgIpc) is 2.77. The predicted octanol–water partition coefficient (Wildman–Crippen LogP) is 2.18. The molecular formula is C12H18N2O3S2. The Bertz CT molecular complexity index is 550. The first-order chi connectivity index (χ1) is 8.82. The van der Waals surface area contributed by atoms with E-state index < -0.39 is 14.6 Å². The Morgan fingerprint density at radius 3 is 2.79 bits per heavy atom. The fourth-order valence-corrected chi connectivity index (χ4v) is 3.92. The zero-order valence-electron chi connectivity index (χ0n) is 11.0. The Kier molecular flexibility index (Phi) is 3.87. The van der Waals surface area contributed by atoms with Crippen LogP contribution in [-0.4, -0.2) is 42.9 Å². The van der Waals surface area contributed by atoms with Gasteiger partial charge in [0.1, 0.15) is 0 Å². The molecule has 0 unspecified atom stereocenters. The zero-order valence-corrected chi connectivity index (χ0v) is 12.7. The van der Waals surface area contributed by atoms with Gasteiger partial charge in [-0.2, -0.15) is 11.3 Å². The van der Waals surface area contributed by atoms with Crippen LogP contribution in [0.1, 0.15) is 20.3 Å². The molecule has 1 aromatic rings. The third-order valence-corrected chi connectivity index (χ3v) is 6.81. The number of sulfone groups is 1. The Morgan fingerprint density at radius 2 is 2.16 bits per heavy atom. The lowest BCUT2D eigenvalue weighted by molar-refractivity contribution is 0.214. The van der Waals surface area contributed by atoms with Gasteiger partial charge in [-0.25, -0.2) is 13.2 Å². The van der Waals surface area contributed by atoms with E-state index in [1.54, 1.807) is 18.7 Å². The summed E-state index contributed by atoms with van der Waals surface area (Å²) in [5.41, 5.74) is 0.751. The number of hydrogen-bond acceptors (Lipinski definition) is 4. The highest BCUT2D eigenvalue weighted by molar-refractivity contribution is 7.92. The third kappa shape index (κ3) is 3.09. The van der Waals surface area contributed by atoms with Crippen LogP contribution in [0.25, 0.3) is 0 Å². The molecule has 106 valence electrons. The molecule has 1 N–H and O–H groups in total. The van der Waals surface area contributed by atoms with E-state index in [1.165, 1.54) is 11.3 Å².